The summed E-state index contributed by atoms with van der Waals surface area (Å²) in [5, 5.41) is 12.9. The van der Waals surface area contributed by atoms with Crippen LogP contribution in [0.5, 0.6) is 0 Å². The van der Waals surface area contributed by atoms with E-state index in [9.17, 15) is 0 Å². The van der Waals surface area contributed by atoms with E-state index in [1.165, 1.54) is 32.1 Å². The maximum Gasteiger partial charge on any atom is 0.198 e. The first-order valence-electron chi connectivity index (χ1n) is 6.60. The molecule has 0 atom stereocenters. The maximum atomic E-state index is 7.14. The van der Waals surface area contributed by atoms with Crippen LogP contribution < -0.4 is 16.4 Å². The summed E-state index contributed by atoms with van der Waals surface area (Å²) in [7, 11) is 0. The molecule has 0 aliphatic heterocycles. The van der Waals surface area contributed by atoms with Crippen molar-refractivity contribution in [3.63, 3.8) is 0 Å². The first kappa shape index (κ1) is 19.4. The molecule has 0 amide bonds. The molecule has 108 valence electrons. The molecule has 0 unspecified atom stereocenters. The van der Waals surface area contributed by atoms with Crippen molar-refractivity contribution in [2.24, 2.45) is 10.7 Å². The van der Waals surface area contributed by atoms with Crippen LogP contribution in [0.4, 0.5) is 0 Å². The molecular formula is C12H28ClN5. The minimum absolute atomic E-state index is 0. The Kier molecular flexibility index (Phi) is 15.2. The summed E-state index contributed by atoms with van der Waals surface area (Å²) < 4.78 is 0. The van der Waals surface area contributed by atoms with Gasteiger partial charge in [-0.05, 0) is 13.3 Å². The Morgan fingerprint density at radius 2 is 1.72 bits per heavy atom. The average molecular weight is 278 g/mol. The summed E-state index contributed by atoms with van der Waals surface area (Å²) in [6, 6.07) is 0. The Morgan fingerprint density at radius 1 is 1.11 bits per heavy atom. The van der Waals surface area contributed by atoms with Crippen LogP contribution in [0.2, 0.25) is 0 Å². The van der Waals surface area contributed by atoms with Crippen molar-refractivity contribution in [2.75, 3.05) is 13.1 Å². The summed E-state index contributed by atoms with van der Waals surface area (Å²) in [5.41, 5.74) is 5.26. The van der Waals surface area contributed by atoms with Crippen molar-refractivity contribution >= 4 is 24.3 Å². The number of hydrogen-bond acceptors (Lipinski definition) is 2. The second kappa shape index (κ2) is 14.1. The van der Waals surface area contributed by atoms with Gasteiger partial charge in [-0.3, -0.25) is 15.7 Å². The van der Waals surface area contributed by atoms with Gasteiger partial charge >= 0.3 is 0 Å². The number of guanidine groups is 2. The van der Waals surface area contributed by atoms with E-state index in [4.69, 9.17) is 11.1 Å². The van der Waals surface area contributed by atoms with Crippen LogP contribution in [0.1, 0.15) is 52.4 Å². The lowest BCUT2D eigenvalue weighted by atomic mass is 10.1. The van der Waals surface area contributed by atoms with Crippen LogP contribution in [0.15, 0.2) is 4.99 Å². The molecule has 0 bridgehead atoms. The second-order valence-electron chi connectivity index (χ2n) is 4.07. The van der Waals surface area contributed by atoms with Crippen LogP contribution in [0.25, 0.3) is 0 Å². The van der Waals surface area contributed by atoms with E-state index in [0.717, 1.165) is 19.5 Å². The van der Waals surface area contributed by atoms with Gasteiger partial charge in [0.1, 0.15) is 0 Å². The van der Waals surface area contributed by atoms with Crippen molar-refractivity contribution in [3.8, 4) is 0 Å². The molecule has 6 heteroatoms. The average Bonchev–Trinajstić information content (AvgIpc) is 2.27. The quantitative estimate of drug-likeness (QED) is 0.312. The fourth-order valence-corrected chi connectivity index (χ4v) is 1.52. The summed E-state index contributed by atoms with van der Waals surface area (Å²) in [5.74, 6) is 0.529. The highest BCUT2D eigenvalue weighted by atomic mass is 35.5. The molecule has 0 aliphatic carbocycles. The second-order valence-corrected chi connectivity index (χ2v) is 4.07. The van der Waals surface area contributed by atoms with Crippen LogP contribution >= 0.6 is 12.4 Å². The van der Waals surface area contributed by atoms with Gasteiger partial charge in [-0.25, -0.2) is 0 Å². The van der Waals surface area contributed by atoms with Gasteiger partial charge in [-0.1, -0.05) is 39.0 Å². The van der Waals surface area contributed by atoms with E-state index in [1.807, 2.05) is 6.92 Å². The largest absolute Gasteiger partial charge is 0.370 e. The van der Waals surface area contributed by atoms with E-state index in [2.05, 4.69) is 22.5 Å². The smallest absolute Gasteiger partial charge is 0.198 e. The van der Waals surface area contributed by atoms with Crippen molar-refractivity contribution in [2.45, 2.75) is 52.4 Å². The molecular weight excluding hydrogens is 250 g/mol. The van der Waals surface area contributed by atoms with Gasteiger partial charge < -0.3 is 11.1 Å². The van der Waals surface area contributed by atoms with Crippen molar-refractivity contribution in [1.82, 2.24) is 10.6 Å². The molecule has 0 aliphatic rings. The number of unbranched alkanes of at least 4 members (excludes halogenated alkanes) is 5. The van der Waals surface area contributed by atoms with Gasteiger partial charge in [0.2, 0.25) is 0 Å². The third-order valence-electron chi connectivity index (χ3n) is 2.38. The number of rotatable bonds is 8. The molecule has 0 saturated carbocycles. The Morgan fingerprint density at radius 3 is 2.28 bits per heavy atom. The highest BCUT2D eigenvalue weighted by Crippen LogP contribution is 2.04. The molecule has 0 radical (unpaired) electrons. The van der Waals surface area contributed by atoms with E-state index >= 15 is 0 Å². The highest BCUT2D eigenvalue weighted by molar-refractivity contribution is 5.96. The highest BCUT2D eigenvalue weighted by Gasteiger charge is 1.97. The fourth-order valence-electron chi connectivity index (χ4n) is 1.52. The van der Waals surface area contributed by atoms with E-state index in [-0.39, 0.29) is 18.4 Å². The number of halogens is 1. The third kappa shape index (κ3) is 13.1. The number of aliphatic imine (C=N–C) groups is 1. The maximum absolute atomic E-state index is 7.14. The topological polar surface area (TPSA) is 86.3 Å². The Balaban J connectivity index is 0. The third-order valence-corrected chi connectivity index (χ3v) is 2.38. The summed E-state index contributed by atoms with van der Waals surface area (Å²) in [4.78, 5) is 4.35. The fraction of sp³-hybridized carbons (Fsp3) is 0.833. The Labute approximate surface area is 117 Å². The zero-order valence-corrected chi connectivity index (χ0v) is 12.4. The van der Waals surface area contributed by atoms with Gasteiger partial charge in [0.05, 0.1) is 0 Å². The van der Waals surface area contributed by atoms with Crippen LogP contribution in [0, 0.1) is 5.41 Å². The molecule has 0 spiro atoms. The predicted octanol–water partition coefficient (Wildman–Crippen LogP) is 2.22. The lowest BCUT2D eigenvalue weighted by molar-refractivity contribution is 0.611. The lowest BCUT2D eigenvalue weighted by Gasteiger charge is -2.09. The molecule has 0 aromatic heterocycles. The number of nitrogens with one attached hydrogen (secondary N) is 3. The zero-order chi connectivity index (χ0) is 12.9. The minimum atomic E-state index is -0.0763. The molecule has 0 aromatic rings. The standard InChI is InChI=1S/C12H27N5.ClH/c1-3-5-6-7-8-9-10-16-12(15-4-2)17-11(13)14;/h3-10H2,1-2H3,(H5,13,14,15,16,17);1H. The monoisotopic (exact) mass is 277 g/mol. The van der Waals surface area contributed by atoms with Gasteiger partial charge in [-0.2, -0.15) is 0 Å². The molecule has 5 N–H and O–H groups in total. The van der Waals surface area contributed by atoms with E-state index in [1.54, 1.807) is 0 Å². The molecule has 5 nitrogen and oxygen atoms in total. The van der Waals surface area contributed by atoms with Crippen molar-refractivity contribution in [1.29, 1.82) is 5.41 Å². The number of hydrogen-bond donors (Lipinski definition) is 4. The normalized spacial score (nSPS) is 10.7. The summed E-state index contributed by atoms with van der Waals surface area (Å²) in [6.07, 6.45) is 7.55. The first-order valence-corrected chi connectivity index (χ1v) is 6.60. The SMILES string of the molecule is CCCCCCCC/N=C(/NCC)NC(=N)N.Cl. The number of nitrogens with two attached hydrogens (primary N) is 1. The first-order chi connectivity index (χ1) is 8.20. The Bertz CT molecular complexity index is 231. The lowest BCUT2D eigenvalue weighted by Crippen LogP contribution is -2.44. The predicted molar refractivity (Wildman–Crippen MR) is 81.7 cm³/mol. The molecule has 0 fully saturated rings. The van der Waals surface area contributed by atoms with Crippen molar-refractivity contribution in [3.05, 3.63) is 0 Å². The zero-order valence-electron chi connectivity index (χ0n) is 11.6. The van der Waals surface area contributed by atoms with Crippen LogP contribution in [-0.2, 0) is 0 Å². The molecule has 0 rings (SSSR count). The molecule has 0 heterocycles. The number of nitrogens with zero attached hydrogens (tertiary/aromatic N) is 1. The van der Waals surface area contributed by atoms with Gasteiger partial charge in [0.25, 0.3) is 0 Å². The van der Waals surface area contributed by atoms with Crippen molar-refractivity contribution < 1.29 is 0 Å². The summed E-state index contributed by atoms with van der Waals surface area (Å²) in [6.45, 7) is 5.77. The minimum Gasteiger partial charge on any atom is -0.370 e. The van der Waals surface area contributed by atoms with Crippen LogP contribution in [0.3, 0.4) is 0 Å². The van der Waals surface area contributed by atoms with E-state index < -0.39 is 0 Å². The van der Waals surface area contributed by atoms with Gasteiger partial charge in [-0.15, -0.1) is 12.4 Å². The molecule has 18 heavy (non-hydrogen) atoms. The summed E-state index contributed by atoms with van der Waals surface area (Å²) >= 11 is 0. The van der Waals surface area contributed by atoms with Gasteiger partial charge in [0, 0.05) is 13.1 Å². The van der Waals surface area contributed by atoms with Gasteiger partial charge in [0.15, 0.2) is 11.9 Å². The van der Waals surface area contributed by atoms with E-state index in [0.29, 0.717) is 5.96 Å². The van der Waals surface area contributed by atoms with Crippen LogP contribution in [-0.4, -0.2) is 25.0 Å². The Hall–Kier alpha value is -0.970. The molecule has 0 saturated heterocycles. The molecule has 0 aromatic carbocycles.